The van der Waals surface area contributed by atoms with Crippen LogP contribution < -0.4 is 5.73 Å². The highest BCUT2D eigenvalue weighted by Gasteiger charge is 2.55. The highest BCUT2D eigenvalue weighted by molar-refractivity contribution is 7.18. The molecule has 3 aromatic rings. The van der Waals surface area contributed by atoms with Crippen molar-refractivity contribution in [3.8, 4) is 11.3 Å². The number of hydrogen-bond donors (Lipinski definition) is 2. The summed E-state index contributed by atoms with van der Waals surface area (Å²) in [7, 11) is 2.89. The lowest BCUT2D eigenvalue weighted by Crippen LogP contribution is -2.42. The van der Waals surface area contributed by atoms with Crippen LogP contribution >= 0.6 is 11.3 Å². The third-order valence-electron chi connectivity index (χ3n) is 4.44. The molecule has 3 heterocycles. The Labute approximate surface area is 168 Å². The van der Waals surface area contributed by atoms with E-state index in [0.29, 0.717) is 32.9 Å². The fourth-order valence-electron chi connectivity index (χ4n) is 2.81. The molecule has 0 aliphatic rings. The number of aliphatic imine (C=N–C) groups is 1. The Hall–Kier alpha value is -2.56. The molecule has 0 amide bonds. The second kappa shape index (κ2) is 8.05. The minimum Gasteiger partial charge on any atom is -0.385 e. The van der Waals surface area contributed by atoms with E-state index in [9.17, 15) is 18.3 Å². The first kappa shape index (κ1) is 21.2. The van der Waals surface area contributed by atoms with Crippen LogP contribution in [0.5, 0.6) is 0 Å². The van der Waals surface area contributed by atoms with Crippen LogP contribution in [0.15, 0.2) is 35.5 Å². The van der Waals surface area contributed by atoms with Gasteiger partial charge < -0.3 is 15.6 Å². The maximum Gasteiger partial charge on any atom is 0.422 e. The number of nitrogens with zero attached hydrogens (tertiary/aromatic N) is 3. The summed E-state index contributed by atoms with van der Waals surface area (Å²) in [6, 6.07) is 6.41. The molecule has 3 rings (SSSR count). The van der Waals surface area contributed by atoms with Crippen LogP contribution in [0.1, 0.15) is 16.9 Å². The molecule has 0 aromatic carbocycles. The number of thiophene rings is 1. The molecule has 0 spiro atoms. The molecule has 0 bridgehead atoms. The number of ether oxygens (including phenoxy) is 1. The summed E-state index contributed by atoms with van der Waals surface area (Å²) in [4.78, 5) is 12.6. The topological polar surface area (TPSA) is 93.6 Å². The number of nitrogens with two attached hydrogens (primary N) is 1. The van der Waals surface area contributed by atoms with E-state index in [1.165, 1.54) is 19.4 Å². The molecule has 0 saturated carbocycles. The van der Waals surface area contributed by atoms with Gasteiger partial charge in [-0.3, -0.25) is 4.99 Å². The number of aromatic nitrogens is 2. The zero-order chi connectivity index (χ0) is 21.2. The second-order valence-electron chi connectivity index (χ2n) is 6.39. The molecular weight excluding hydrogens is 405 g/mol. The zero-order valence-corrected chi connectivity index (χ0v) is 16.5. The Morgan fingerprint density at radius 3 is 2.72 bits per heavy atom. The van der Waals surface area contributed by atoms with Crippen LogP contribution in [0.4, 0.5) is 19.0 Å². The number of anilines is 1. The Kier molecular flexibility index (Phi) is 5.87. The number of fused-ring (bicyclic) bond motifs is 1. The fraction of sp³-hybridized carbons (Fsp3) is 0.316. The van der Waals surface area contributed by atoms with E-state index in [1.54, 1.807) is 31.5 Å². The summed E-state index contributed by atoms with van der Waals surface area (Å²) < 4.78 is 45.5. The van der Waals surface area contributed by atoms with E-state index in [4.69, 9.17) is 10.5 Å². The lowest BCUT2D eigenvalue weighted by molar-refractivity contribution is -0.270. The van der Waals surface area contributed by atoms with Gasteiger partial charge in [0.05, 0.1) is 5.69 Å². The third kappa shape index (κ3) is 4.09. The van der Waals surface area contributed by atoms with Crippen molar-refractivity contribution >= 4 is 33.6 Å². The van der Waals surface area contributed by atoms with Gasteiger partial charge in [-0.25, -0.2) is 9.97 Å². The van der Waals surface area contributed by atoms with E-state index in [-0.39, 0.29) is 11.5 Å². The lowest BCUT2D eigenvalue weighted by atomic mass is 9.97. The average molecular weight is 424 g/mol. The van der Waals surface area contributed by atoms with E-state index in [1.807, 2.05) is 0 Å². The number of rotatable bonds is 6. The predicted octanol–water partition coefficient (Wildman–Crippen LogP) is 3.78. The van der Waals surface area contributed by atoms with Crippen LogP contribution in [-0.4, -0.2) is 48.2 Å². The van der Waals surface area contributed by atoms with Gasteiger partial charge in [0, 0.05) is 61.0 Å². The van der Waals surface area contributed by atoms with Gasteiger partial charge in [-0.2, -0.15) is 13.2 Å². The summed E-state index contributed by atoms with van der Waals surface area (Å²) in [5, 5.41) is 10.9. The number of methoxy groups -OCH3 is 1. The average Bonchev–Trinajstić information content (AvgIpc) is 3.11. The molecule has 1 unspecified atom stereocenters. The Balaban J connectivity index is 2.05. The molecule has 0 saturated heterocycles. The maximum absolute atomic E-state index is 13.6. The van der Waals surface area contributed by atoms with E-state index < -0.39 is 18.2 Å². The van der Waals surface area contributed by atoms with Crippen molar-refractivity contribution in [3.63, 3.8) is 0 Å². The van der Waals surface area contributed by atoms with Crippen LogP contribution in [0.25, 0.3) is 21.5 Å². The quantitative estimate of drug-likeness (QED) is 0.588. The first-order valence-corrected chi connectivity index (χ1v) is 9.38. The summed E-state index contributed by atoms with van der Waals surface area (Å²) in [5.41, 5.74) is 4.60. The van der Waals surface area contributed by atoms with Crippen molar-refractivity contribution < 1.29 is 23.0 Å². The van der Waals surface area contributed by atoms with E-state index in [0.717, 1.165) is 11.3 Å². The first-order valence-electron chi connectivity index (χ1n) is 8.57. The highest BCUT2D eigenvalue weighted by atomic mass is 32.1. The Bertz CT molecular complexity index is 1050. The van der Waals surface area contributed by atoms with Gasteiger partial charge in [0.1, 0.15) is 10.6 Å². The molecule has 0 aliphatic carbocycles. The minimum absolute atomic E-state index is 0.226. The molecule has 3 aromatic heterocycles. The summed E-state index contributed by atoms with van der Waals surface area (Å²) in [6.07, 6.45) is -2.35. The molecule has 1 atom stereocenters. The van der Waals surface area contributed by atoms with Crippen LogP contribution in [0, 0.1) is 0 Å². The summed E-state index contributed by atoms with van der Waals surface area (Å²) in [5.74, 6) is 0.312. The molecule has 154 valence electrons. The van der Waals surface area contributed by atoms with Crippen LogP contribution in [0.3, 0.4) is 0 Å². The number of nitrogen functional groups attached to an aromatic ring is 1. The van der Waals surface area contributed by atoms with Crippen LogP contribution in [-0.2, 0) is 10.3 Å². The zero-order valence-electron chi connectivity index (χ0n) is 15.7. The van der Waals surface area contributed by atoms with Gasteiger partial charge in [0.25, 0.3) is 0 Å². The van der Waals surface area contributed by atoms with E-state index in [2.05, 4.69) is 15.0 Å². The molecule has 0 aliphatic heterocycles. The molecule has 29 heavy (non-hydrogen) atoms. The Morgan fingerprint density at radius 2 is 2.07 bits per heavy atom. The highest BCUT2D eigenvalue weighted by Crippen LogP contribution is 2.45. The number of halogens is 3. The van der Waals surface area contributed by atoms with Gasteiger partial charge in [0.15, 0.2) is 5.60 Å². The van der Waals surface area contributed by atoms with Crippen molar-refractivity contribution in [1.82, 2.24) is 9.97 Å². The molecule has 0 radical (unpaired) electrons. The molecular formula is C19H19F3N4O2S. The molecule has 0 fully saturated rings. The largest absolute Gasteiger partial charge is 0.422 e. The maximum atomic E-state index is 13.6. The fourth-order valence-corrected chi connectivity index (χ4v) is 3.98. The van der Waals surface area contributed by atoms with Crippen molar-refractivity contribution in [2.45, 2.75) is 18.2 Å². The van der Waals surface area contributed by atoms with Gasteiger partial charge in [-0.05, 0) is 24.3 Å². The normalized spacial score (nSPS) is 14.6. The smallest absolute Gasteiger partial charge is 0.385 e. The number of aliphatic hydroxyl groups is 1. The molecule has 10 heteroatoms. The number of pyridine rings is 2. The minimum atomic E-state index is -4.84. The SMILES string of the molecule is CN=Cc1cc(-c2ccc3cc(C(O)(CCOC)C(F)(F)F)sc3n2)cnc1N. The van der Waals surface area contributed by atoms with Gasteiger partial charge in [-0.15, -0.1) is 11.3 Å². The van der Waals surface area contributed by atoms with Crippen molar-refractivity contribution in [3.05, 3.63) is 40.9 Å². The van der Waals surface area contributed by atoms with Gasteiger partial charge in [0.2, 0.25) is 0 Å². The Morgan fingerprint density at radius 1 is 1.31 bits per heavy atom. The standard InChI is InChI=1S/C19H19F3N4O2S/c1-24-9-13-7-12(10-25-16(13)23)14-4-3-11-8-15(29-17(11)26-14)18(27,5-6-28-2)19(20,21)22/h3-4,7-10,27H,5-6H2,1-2H3,(H2,23,25). The lowest BCUT2D eigenvalue weighted by Gasteiger charge is -2.29. The molecule has 3 N–H and O–H groups in total. The summed E-state index contributed by atoms with van der Waals surface area (Å²) >= 11 is 0.800. The van der Waals surface area contributed by atoms with Crippen LogP contribution in [0.2, 0.25) is 0 Å². The monoisotopic (exact) mass is 424 g/mol. The molecule has 6 nitrogen and oxygen atoms in total. The number of hydrogen-bond acceptors (Lipinski definition) is 7. The van der Waals surface area contributed by atoms with Crippen molar-refractivity contribution in [2.24, 2.45) is 4.99 Å². The predicted molar refractivity (Wildman–Crippen MR) is 107 cm³/mol. The van der Waals surface area contributed by atoms with Crippen molar-refractivity contribution in [1.29, 1.82) is 0 Å². The third-order valence-corrected chi connectivity index (χ3v) is 5.64. The number of alkyl halides is 3. The van der Waals surface area contributed by atoms with Crippen molar-refractivity contribution in [2.75, 3.05) is 26.5 Å². The summed E-state index contributed by atoms with van der Waals surface area (Å²) in [6.45, 7) is -0.234. The second-order valence-corrected chi connectivity index (χ2v) is 7.42. The van der Waals surface area contributed by atoms with Gasteiger partial charge in [-0.1, -0.05) is 0 Å². The van der Waals surface area contributed by atoms with E-state index >= 15 is 0 Å². The van der Waals surface area contributed by atoms with Gasteiger partial charge >= 0.3 is 6.18 Å². The first-order chi connectivity index (χ1) is 13.7.